The van der Waals surface area contributed by atoms with Gasteiger partial charge in [0, 0.05) is 31.7 Å². The first-order valence-electron chi connectivity index (χ1n) is 13.5. The number of β-amino-alcohol motifs (C(OH)–C–C–N with tert-alkyl or cyclic N) is 2. The van der Waals surface area contributed by atoms with E-state index in [4.69, 9.17) is 10.2 Å². The molecule has 2 fully saturated rings. The van der Waals surface area contributed by atoms with Crippen LogP contribution in [0.2, 0.25) is 0 Å². The molecule has 3 aromatic heterocycles. The zero-order chi connectivity index (χ0) is 30.6. The number of oxazole rings is 1. The number of carbonyl (C=O) groups is 1. The molecule has 43 heavy (non-hydrogen) atoms. The van der Waals surface area contributed by atoms with Crippen LogP contribution in [-0.2, 0) is 6.18 Å². The minimum atomic E-state index is -4.88. The van der Waals surface area contributed by atoms with Crippen molar-refractivity contribution in [3.05, 3.63) is 78.4 Å². The maximum atomic E-state index is 13.4. The monoisotopic (exact) mass is 597 g/mol. The van der Waals surface area contributed by atoms with Gasteiger partial charge in [0.05, 0.1) is 36.0 Å². The number of alkyl halides is 3. The fourth-order valence-electron chi connectivity index (χ4n) is 4.69. The van der Waals surface area contributed by atoms with Crippen LogP contribution in [0.5, 0.6) is 0 Å². The lowest BCUT2D eigenvalue weighted by molar-refractivity contribution is -0.153. The minimum absolute atomic E-state index is 0.209. The Balaban J connectivity index is 0.000000235. The van der Waals surface area contributed by atoms with Crippen molar-refractivity contribution in [2.75, 3.05) is 47.0 Å². The van der Waals surface area contributed by atoms with E-state index in [-0.39, 0.29) is 17.7 Å². The molecule has 2 saturated heterocycles. The standard InChI is InChI=1S/C20H17F3N4O3.C9H13N3O/c21-20(22,23)17-16(26-19(30-17)12-4-2-1-3-5-12)18(29)25-13-6-7-15(24-10-13)27-9-8-14(28)11-27;10-7-1-2-9(11-5-7)12-4-3-8(13)6-12/h1-7,10,14,28H,8-9,11H2,(H,25,29);1-2,5,8,13H,3-4,6,10H2. The number of benzene rings is 1. The molecule has 1 aromatic carbocycles. The number of aliphatic hydroxyl groups excluding tert-OH is 2. The predicted octanol–water partition coefficient (Wildman–Crippen LogP) is 3.81. The van der Waals surface area contributed by atoms with Gasteiger partial charge in [-0.1, -0.05) is 18.2 Å². The Labute approximate surface area is 244 Å². The summed E-state index contributed by atoms with van der Waals surface area (Å²) in [7, 11) is 0. The average Bonchev–Trinajstić information content (AvgIpc) is 3.75. The van der Waals surface area contributed by atoms with E-state index < -0.39 is 29.6 Å². The lowest BCUT2D eigenvalue weighted by atomic mass is 10.2. The number of aromatic nitrogens is 3. The van der Waals surface area contributed by atoms with E-state index >= 15 is 0 Å². The molecule has 0 bridgehead atoms. The third kappa shape index (κ3) is 7.40. The molecule has 2 aliphatic rings. The average molecular weight is 598 g/mol. The normalized spacial score (nSPS) is 18.3. The van der Waals surface area contributed by atoms with Crippen LogP contribution in [0.25, 0.3) is 11.5 Å². The molecule has 226 valence electrons. The Morgan fingerprint density at radius 2 is 1.51 bits per heavy atom. The molecule has 0 spiro atoms. The third-order valence-electron chi connectivity index (χ3n) is 6.87. The number of anilines is 4. The van der Waals surface area contributed by atoms with Gasteiger partial charge in [0.25, 0.3) is 5.91 Å². The van der Waals surface area contributed by atoms with Gasteiger partial charge in [-0.2, -0.15) is 13.2 Å². The van der Waals surface area contributed by atoms with Crippen molar-refractivity contribution in [3.63, 3.8) is 0 Å². The molecule has 1 amide bonds. The second kappa shape index (κ2) is 12.7. The van der Waals surface area contributed by atoms with Crippen LogP contribution in [0.4, 0.5) is 36.2 Å². The number of halogens is 3. The van der Waals surface area contributed by atoms with Crippen molar-refractivity contribution < 1.29 is 32.6 Å². The topological polar surface area (TPSA) is 154 Å². The molecule has 2 unspecified atom stereocenters. The molecule has 2 aliphatic heterocycles. The second-order valence-corrected chi connectivity index (χ2v) is 10.1. The van der Waals surface area contributed by atoms with Crippen molar-refractivity contribution in [2.24, 2.45) is 0 Å². The predicted molar refractivity (Wildman–Crippen MR) is 153 cm³/mol. The van der Waals surface area contributed by atoms with Gasteiger partial charge in [-0.15, -0.1) is 0 Å². The molecule has 4 aromatic rings. The van der Waals surface area contributed by atoms with E-state index in [9.17, 15) is 28.2 Å². The molecule has 6 rings (SSSR count). The smallest absolute Gasteiger partial charge is 0.431 e. The Morgan fingerprint density at radius 1 is 0.907 bits per heavy atom. The van der Waals surface area contributed by atoms with E-state index in [1.54, 1.807) is 30.5 Å². The summed E-state index contributed by atoms with van der Waals surface area (Å²) in [4.78, 5) is 28.6. The number of aliphatic hydroxyl groups is 2. The SMILES string of the molecule is Nc1ccc(N2CCC(O)C2)nc1.O=C(Nc1ccc(N2CCC(O)C2)nc1)c1nc(-c2ccccc2)oc1C(F)(F)F. The molecular weight excluding hydrogens is 567 g/mol. The first-order chi connectivity index (χ1) is 20.6. The van der Waals surface area contributed by atoms with Gasteiger partial charge in [-0.05, 0) is 49.2 Å². The highest BCUT2D eigenvalue weighted by Crippen LogP contribution is 2.35. The number of amides is 1. The summed E-state index contributed by atoms with van der Waals surface area (Å²) in [5.41, 5.74) is 5.87. The van der Waals surface area contributed by atoms with Crippen molar-refractivity contribution in [1.82, 2.24) is 15.0 Å². The van der Waals surface area contributed by atoms with Gasteiger partial charge in [0.15, 0.2) is 5.69 Å². The molecule has 5 N–H and O–H groups in total. The lowest BCUT2D eigenvalue weighted by Gasteiger charge is -2.16. The van der Waals surface area contributed by atoms with Gasteiger partial charge in [0.2, 0.25) is 11.7 Å². The Bertz CT molecular complexity index is 1520. The molecule has 0 radical (unpaired) electrons. The molecule has 2 atom stereocenters. The molecular formula is C29H30F3N7O4. The molecule has 0 saturated carbocycles. The molecule has 11 nitrogen and oxygen atoms in total. The number of pyridine rings is 2. The maximum absolute atomic E-state index is 13.4. The molecule has 5 heterocycles. The third-order valence-corrected chi connectivity index (χ3v) is 6.87. The van der Waals surface area contributed by atoms with E-state index in [1.165, 1.54) is 24.4 Å². The van der Waals surface area contributed by atoms with Gasteiger partial charge in [-0.25, -0.2) is 15.0 Å². The number of hydrogen-bond donors (Lipinski definition) is 4. The number of hydrogen-bond acceptors (Lipinski definition) is 10. The van der Waals surface area contributed by atoms with Crippen molar-refractivity contribution in [2.45, 2.75) is 31.2 Å². The van der Waals surface area contributed by atoms with Crippen molar-refractivity contribution >= 4 is 28.9 Å². The van der Waals surface area contributed by atoms with Crippen LogP contribution in [-0.4, -0.2) is 69.5 Å². The largest absolute Gasteiger partial charge is 0.452 e. The van der Waals surface area contributed by atoms with Gasteiger partial charge in [-0.3, -0.25) is 4.79 Å². The van der Waals surface area contributed by atoms with Crippen LogP contribution in [0, 0.1) is 0 Å². The fourth-order valence-corrected chi connectivity index (χ4v) is 4.69. The van der Waals surface area contributed by atoms with E-state index in [0.717, 1.165) is 18.8 Å². The highest BCUT2D eigenvalue weighted by molar-refractivity contribution is 6.04. The summed E-state index contributed by atoms with van der Waals surface area (Å²) in [6, 6.07) is 14.9. The first kappa shape index (κ1) is 29.8. The van der Waals surface area contributed by atoms with Crippen LogP contribution in [0.3, 0.4) is 0 Å². The summed E-state index contributed by atoms with van der Waals surface area (Å²) in [6.45, 7) is 2.65. The van der Waals surface area contributed by atoms with Gasteiger partial charge >= 0.3 is 6.18 Å². The first-order valence-corrected chi connectivity index (χ1v) is 13.5. The van der Waals surface area contributed by atoms with E-state index in [1.807, 2.05) is 17.0 Å². The minimum Gasteiger partial charge on any atom is -0.431 e. The van der Waals surface area contributed by atoms with E-state index in [0.29, 0.717) is 43.1 Å². The summed E-state index contributed by atoms with van der Waals surface area (Å²) in [5.74, 6) is -1.32. The number of rotatable bonds is 5. The van der Waals surface area contributed by atoms with Crippen molar-refractivity contribution in [3.8, 4) is 11.5 Å². The Morgan fingerprint density at radius 3 is 2.00 bits per heavy atom. The zero-order valence-electron chi connectivity index (χ0n) is 22.9. The quantitative estimate of drug-likeness (QED) is 0.267. The maximum Gasteiger partial charge on any atom is 0.452 e. The van der Waals surface area contributed by atoms with Crippen LogP contribution in [0.1, 0.15) is 29.1 Å². The fraction of sp³-hybridized carbons (Fsp3) is 0.310. The van der Waals surface area contributed by atoms with Crippen molar-refractivity contribution in [1.29, 1.82) is 0 Å². The summed E-state index contributed by atoms with van der Waals surface area (Å²) < 4.78 is 45.0. The Hall–Kier alpha value is -4.69. The number of nitrogens with two attached hydrogens (primary N) is 1. The van der Waals surface area contributed by atoms with E-state index in [2.05, 4.69) is 25.2 Å². The highest BCUT2D eigenvalue weighted by atomic mass is 19.4. The summed E-state index contributed by atoms with van der Waals surface area (Å²) in [6.07, 6.45) is -1.07. The van der Waals surface area contributed by atoms with Gasteiger partial charge < -0.3 is 35.5 Å². The zero-order valence-corrected chi connectivity index (χ0v) is 22.9. The van der Waals surface area contributed by atoms with Crippen LogP contribution in [0.15, 0.2) is 71.4 Å². The summed E-state index contributed by atoms with van der Waals surface area (Å²) in [5, 5.41) is 21.3. The molecule has 14 heteroatoms. The lowest BCUT2D eigenvalue weighted by Crippen LogP contribution is -2.22. The highest BCUT2D eigenvalue weighted by Gasteiger charge is 2.42. The number of carbonyl (C=O) groups excluding carboxylic acids is 1. The number of nitrogen functional groups attached to an aromatic ring is 1. The Kier molecular flexibility index (Phi) is 8.78. The van der Waals surface area contributed by atoms with Crippen LogP contribution >= 0.6 is 0 Å². The van der Waals surface area contributed by atoms with Gasteiger partial charge in [0.1, 0.15) is 11.6 Å². The number of nitrogens with one attached hydrogen (secondary N) is 1. The van der Waals surface area contributed by atoms with Crippen LogP contribution < -0.4 is 20.9 Å². The summed E-state index contributed by atoms with van der Waals surface area (Å²) >= 11 is 0. The molecule has 0 aliphatic carbocycles. The number of nitrogens with zero attached hydrogens (tertiary/aromatic N) is 5. The second-order valence-electron chi connectivity index (χ2n) is 10.1.